The smallest absolute Gasteiger partial charge is 0.323 e. The highest BCUT2D eigenvalue weighted by Crippen LogP contribution is 2.21. The second-order valence-electron chi connectivity index (χ2n) is 5.29. The minimum absolute atomic E-state index is 0.190. The fourth-order valence-electron chi connectivity index (χ4n) is 2.34. The van der Waals surface area contributed by atoms with Crippen LogP contribution in [-0.2, 0) is 9.53 Å². The third-order valence-corrected chi connectivity index (χ3v) is 3.37. The summed E-state index contributed by atoms with van der Waals surface area (Å²) in [6.07, 6.45) is 1.65. The van der Waals surface area contributed by atoms with Gasteiger partial charge in [0.15, 0.2) is 0 Å². The Labute approximate surface area is 119 Å². The van der Waals surface area contributed by atoms with Gasteiger partial charge in [-0.25, -0.2) is 4.79 Å². The van der Waals surface area contributed by atoms with Crippen molar-refractivity contribution < 1.29 is 24.5 Å². The number of carbonyl (C=O) groups excluding carboxylic acids is 1. The van der Waals surface area contributed by atoms with Gasteiger partial charge < -0.3 is 24.7 Å². The zero-order valence-electron chi connectivity index (χ0n) is 12.2. The van der Waals surface area contributed by atoms with Crippen molar-refractivity contribution in [3.63, 3.8) is 0 Å². The molecule has 116 valence electrons. The Kier molecular flexibility index (Phi) is 6.22. The molecule has 0 unspecified atom stereocenters. The molecule has 20 heavy (non-hydrogen) atoms. The molecule has 0 aromatic carbocycles. The lowest BCUT2D eigenvalue weighted by molar-refractivity contribution is -0.137. The van der Waals surface area contributed by atoms with Crippen molar-refractivity contribution in [2.24, 2.45) is 0 Å². The van der Waals surface area contributed by atoms with Crippen LogP contribution in [-0.4, -0.2) is 77.5 Å². The summed E-state index contributed by atoms with van der Waals surface area (Å²) in [6, 6.07) is -0.367. The lowest BCUT2D eigenvalue weighted by Crippen LogP contribution is -2.51. The molecule has 1 fully saturated rings. The molecule has 0 aliphatic carbocycles. The van der Waals surface area contributed by atoms with Crippen molar-refractivity contribution in [3.8, 4) is 0 Å². The largest absolute Gasteiger partial charge is 0.480 e. The molecule has 0 radical (unpaired) electrons. The van der Waals surface area contributed by atoms with E-state index in [0.29, 0.717) is 39.0 Å². The Hall–Kier alpha value is -1.34. The van der Waals surface area contributed by atoms with Crippen LogP contribution in [0.4, 0.5) is 4.79 Å². The summed E-state index contributed by atoms with van der Waals surface area (Å²) in [6.45, 7) is 3.09. The summed E-state index contributed by atoms with van der Waals surface area (Å²) >= 11 is 0. The molecule has 7 heteroatoms. The third kappa shape index (κ3) is 4.97. The van der Waals surface area contributed by atoms with Crippen molar-refractivity contribution in [3.05, 3.63) is 0 Å². The summed E-state index contributed by atoms with van der Waals surface area (Å²) < 4.78 is 5.19. The molecule has 1 heterocycles. The molecule has 0 aromatic rings. The van der Waals surface area contributed by atoms with Crippen LogP contribution in [0.25, 0.3) is 0 Å². The second kappa shape index (κ2) is 7.44. The van der Waals surface area contributed by atoms with E-state index in [2.05, 4.69) is 0 Å². The lowest BCUT2D eigenvalue weighted by atomic mass is 9.94. The number of hydrogen-bond donors (Lipinski definition) is 2. The molecule has 1 saturated heterocycles. The average molecular weight is 288 g/mol. The molecule has 1 rings (SSSR count). The molecule has 1 aliphatic rings. The number of aliphatic hydroxyl groups is 1. The molecule has 0 bridgehead atoms. The average Bonchev–Trinajstić information content (AvgIpc) is 2.37. The lowest BCUT2D eigenvalue weighted by Gasteiger charge is -2.37. The number of aliphatic carboxylic acids is 1. The maximum absolute atomic E-state index is 12.2. The van der Waals surface area contributed by atoms with Crippen LogP contribution in [0.5, 0.6) is 0 Å². The number of rotatable bonds is 6. The molecular weight excluding hydrogens is 264 g/mol. The predicted octanol–water partition coefficient (Wildman–Crippen LogP) is 0.376. The van der Waals surface area contributed by atoms with Gasteiger partial charge in [0, 0.05) is 39.6 Å². The monoisotopic (exact) mass is 288 g/mol. The Morgan fingerprint density at radius 2 is 1.90 bits per heavy atom. The molecule has 0 aromatic heterocycles. The highest BCUT2D eigenvalue weighted by atomic mass is 16.5. The number of ether oxygens (including phenoxy) is 1. The maximum atomic E-state index is 12.2. The van der Waals surface area contributed by atoms with Gasteiger partial charge in [-0.05, 0) is 6.42 Å². The number of carboxylic acids is 1. The molecule has 7 nitrogen and oxygen atoms in total. The standard InChI is InChI=1S/C13H24N2O5/c1-3-6-15(9-11(16)17)12(18)14(2)10-13(19)4-7-20-8-5-13/h19H,3-10H2,1-2H3,(H,16,17). The number of nitrogens with zero attached hydrogens (tertiary/aromatic N) is 2. The first-order valence-corrected chi connectivity index (χ1v) is 6.90. The number of urea groups is 1. The number of carbonyl (C=O) groups is 2. The van der Waals surface area contributed by atoms with E-state index in [1.165, 1.54) is 9.80 Å². The number of likely N-dealkylation sites (N-methyl/N-ethyl adjacent to an activating group) is 1. The second-order valence-corrected chi connectivity index (χ2v) is 5.29. The van der Waals surface area contributed by atoms with Crippen molar-refractivity contribution >= 4 is 12.0 Å². The normalized spacial score (nSPS) is 17.6. The molecule has 2 N–H and O–H groups in total. The van der Waals surface area contributed by atoms with Crippen LogP contribution < -0.4 is 0 Å². The molecule has 0 atom stereocenters. The summed E-state index contributed by atoms with van der Waals surface area (Å²) in [5.74, 6) is -1.04. The van der Waals surface area contributed by atoms with Crippen LogP contribution in [0.2, 0.25) is 0 Å². The van der Waals surface area contributed by atoms with Crippen LogP contribution in [0.15, 0.2) is 0 Å². The van der Waals surface area contributed by atoms with Crippen molar-refractivity contribution in [2.75, 3.05) is 39.9 Å². The molecule has 0 saturated carbocycles. The Morgan fingerprint density at radius 3 is 2.40 bits per heavy atom. The van der Waals surface area contributed by atoms with Crippen LogP contribution in [0.1, 0.15) is 26.2 Å². The first kappa shape index (κ1) is 16.7. The van der Waals surface area contributed by atoms with Crippen LogP contribution in [0.3, 0.4) is 0 Å². The van der Waals surface area contributed by atoms with Crippen LogP contribution in [0, 0.1) is 0 Å². The van der Waals surface area contributed by atoms with Crippen LogP contribution >= 0.6 is 0 Å². The van der Waals surface area contributed by atoms with E-state index in [0.717, 1.165) is 0 Å². The summed E-state index contributed by atoms with van der Waals surface area (Å²) in [4.78, 5) is 25.7. The van der Waals surface area contributed by atoms with E-state index < -0.39 is 11.6 Å². The first-order valence-electron chi connectivity index (χ1n) is 6.90. The van der Waals surface area contributed by atoms with E-state index in [4.69, 9.17) is 9.84 Å². The highest BCUT2D eigenvalue weighted by Gasteiger charge is 2.33. The van der Waals surface area contributed by atoms with Gasteiger partial charge in [-0.15, -0.1) is 0 Å². The molecule has 0 spiro atoms. The van der Waals surface area contributed by atoms with Gasteiger partial charge in [-0.3, -0.25) is 4.79 Å². The zero-order valence-corrected chi connectivity index (χ0v) is 12.2. The van der Waals surface area contributed by atoms with Gasteiger partial charge in [0.25, 0.3) is 0 Å². The van der Waals surface area contributed by atoms with E-state index in [1.807, 2.05) is 6.92 Å². The van der Waals surface area contributed by atoms with E-state index in [1.54, 1.807) is 7.05 Å². The van der Waals surface area contributed by atoms with E-state index in [9.17, 15) is 14.7 Å². The van der Waals surface area contributed by atoms with E-state index >= 15 is 0 Å². The molecule has 1 aliphatic heterocycles. The van der Waals surface area contributed by atoms with Gasteiger partial charge >= 0.3 is 12.0 Å². The van der Waals surface area contributed by atoms with E-state index in [-0.39, 0.29) is 19.1 Å². The molecular formula is C13H24N2O5. The van der Waals surface area contributed by atoms with Crippen molar-refractivity contribution in [1.29, 1.82) is 0 Å². The first-order chi connectivity index (χ1) is 9.38. The topological polar surface area (TPSA) is 90.3 Å². The third-order valence-electron chi connectivity index (χ3n) is 3.37. The van der Waals surface area contributed by atoms with Gasteiger partial charge in [0.2, 0.25) is 0 Å². The number of hydrogen-bond acceptors (Lipinski definition) is 4. The van der Waals surface area contributed by atoms with Gasteiger partial charge in [0.1, 0.15) is 6.54 Å². The summed E-state index contributed by atoms with van der Waals surface area (Å²) in [5.41, 5.74) is -0.941. The number of amides is 2. The van der Waals surface area contributed by atoms with Gasteiger partial charge in [-0.1, -0.05) is 6.92 Å². The minimum Gasteiger partial charge on any atom is -0.480 e. The molecule has 2 amide bonds. The van der Waals surface area contributed by atoms with Crippen molar-refractivity contribution in [2.45, 2.75) is 31.8 Å². The SMILES string of the molecule is CCCN(CC(=O)O)C(=O)N(C)CC1(O)CCOCC1. The summed E-state index contributed by atoms with van der Waals surface area (Å²) in [5, 5.41) is 19.2. The Balaban J connectivity index is 2.60. The quantitative estimate of drug-likeness (QED) is 0.737. The number of carboxylic acid groups (broad SMARTS) is 1. The maximum Gasteiger partial charge on any atom is 0.323 e. The Morgan fingerprint density at radius 1 is 1.30 bits per heavy atom. The minimum atomic E-state index is -1.04. The van der Waals surface area contributed by atoms with Gasteiger partial charge in [0.05, 0.1) is 12.1 Å². The fourth-order valence-corrected chi connectivity index (χ4v) is 2.34. The summed E-state index contributed by atoms with van der Waals surface area (Å²) in [7, 11) is 1.58. The zero-order chi connectivity index (χ0) is 15.2. The fraction of sp³-hybridized carbons (Fsp3) is 0.846. The Bertz CT molecular complexity index is 342. The predicted molar refractivity (Wildman–Crippen MR) is 72.5 cm³/mol. The van der Waals surface area contributed by atoms with Crippen molar-refractivity contribution in [1.82, 2.24) is 9.80 Å². The highest BCUT2D eigenvalue weighted by molar-refractivity contribution is 5.80. The van der Waals surface area contributed by atoms with Gasteiger partial charge in [-0.2, -0.15) is 0 Å².